The summed E-state index contributed by atoms with van der Waals surface area (Å²) in [6.07, 6.45) is -4.54. The number of carbonyl (C=O) groups excluding carboxylic acids is 1. The van der Waals surface area contributed by atoms with Gasteiger partial charge in [-0.3, -0.25) is 4.79 Å². The van der Waals surface area contributed by atoms with Crippen molar-refractivity contribution >= 4 is 23.2 Å². The largest absolute Gasteiger partial charge is 0.497 e. The van der Waals surface area contributed by atoms with Gasteiger partial charge in [0.2, 0.25) is 0 Å². The monoisotopic (exact) mass is 359 g/mol. The standard InChI is InChI=1S/C16H13ClF3NO3/c1-23-10-4-5-11(14(8-10)24-2)15(22)21-13-7-9(16(18,19)20)3-6-12(13)17/h3-8H,1-2H3,(H,21,22). The summed E-state index contributed by atoms with van der Waals surface area (Å²) in [6, 6.07) is 7.15. The number of rotatable bonds is 4. The zero-order chi connectivity index (χ0) is 17.9. The van der Waals surface area contributed by atoms with Crippen LogP contribution < -0.4 is 14.8 Å². The Bertz CT molecular complexity index is 763. The highest BCUT2D eigenvalue weighted by Crippen LogP contribution is 2.34. The summed E-state index contributed by atoms with van der Waals surface area (Å²) in [4.78, 5) is 12.3. The molecule has 0 aliphatic carbocycles. The van der Waals surface area contributed by atoms with Gasteiger partial charge in [-0.15, -0.1) is 0 Å². The predicted octanol–water partition coefficient (Wildman–Crippen LogP) is 4.63. The molecule has 24 heavy (non-hydrogen) atoms. The van der Waals surface area contributed by atoms with Gasteiger partial charge >= 0.3 is 6.18 Å². The molecule has 0 aromatic heterocycles. The van der Waals surface area contributed by atoms with Crippen molar-refractivity contribution in [3.8, 4) is 11.5 Å². The second kappa shape index (κ2) is 7.00. The van der Waals surface area contributed by atoms with Crippen molar-refractivity contribution in [3.05, 3.63) is 52.5 Å². The van der Waals surface area contributed by atoms with Crippen LogP contribution in [0.5, 0.6) is 11.5 Å². The van der Waals surface area contributed by atoms with Crippen molar-refractivity contribution in [2.24, 2.45) is 0 Å². The van der Waals surface area contributed by atoms with Crippen molar-refractivity contribution < 1.29 is 27.4 Å². The fourth-order valence-electron chi connectivity index (χ4n) is 1.97. The molecule has 0 aliphatic heterocycles. The summed E-state index contributed by atoms with van der Waals surface area (Å²) >= 11 is 5.87. The van der Waals surface area contributed by atoms with Gasteiger partial charge in [-0.05, 0) is 30.3 Å². The molecule has 0 atom stereocenters. The lowest BCUT2D eigenvalue weighted by Crippen LogP contribution is -2.14. The first kappa shape index (κ1) is 17.9. The molecular formula is C16H13ClF3NO3. The number of ether oxygens (including phenoxy) is 2. The topological polar surface area (TPSA) is 47.6 Å². The number of halogens is 4. The Labute approximate surface area is 141 Å². The van der Waals surface area contributed by atoms with Gasteiger partial charge in [0, 0.05) is 6.07 Å². The van der Waals surface area contributed by atoms with Crippen LogP contribution in [-0.2, 0) is 6.18 Å². The SMILES string of the molecule is COc1ccc(C(=O)Nc2cc(C(F)(F)F)ccc2Cl)c(OC)c1. The highest BCUT2D eigenvalue weighted by Gasteiger charge is 2.31. The molecule has 0 aliphatic rings. The first-order valence-corrected chi connectivity index (χ1v) is 7.04. The molecule has 1 amide bonds. The second-order valence-corrected chi connectivity index (χ2v) is 5.12. The minimum atomic E-state index is -4.54. The van der Waals surface area contributed by atoms with Gasteiger partial charge in [-0.25, -0.2) is 0 Å². The van der Waals surface area contributed by atoms with E-state index in [4.69, 9.17) is 21.1 Å². The molecule has 2 rings (SSSR count). The Hall–Kier alpha value is -2.41. The smallest absolute Gasteiger partial charge is 0.416 e. The third kappa shape index (κ3) is 3.91. The van der Waals surface area contributed by atoms with Crippen molar-refractivity contribution in [1.82, 2.24) is 0 Å². The molecule has 0 heterocycles. The van der Waals surface area contributed by atoms with E-state index in [1.165, 1.54) is 32.4 Å². The van der Waals surface area contributed by atoms with Crippen LogP contribution in [0.15, 0.2) is 36.4 Å². The van der Waals surface area contributed by atoms with Crippen LogP contribution in [0.1, 0.15) is 15.9 Å². The number of carbonyl (C=O) groups is 1. The Morgan fingerprint density at radius 3 is 2.38 bits per heavy atom. The van der Waals surface area contributed by atoms with Gasteiger partial charge in [0.05, 0.1) is 36.1 Å². The Kier molecular flexibility index (Phi) is 5.23. The van der Waals surface area contributed by atoms with E-state index in [1.807, 2.05) is 0 Å². The van der Waals surface area contributed by atoms with E-state index in [9.17, 15) is 18.0 Å². The normalized spacial score (nSPS) is 11.1. The van der Waals surface area contributed by atoms with Gasteiger partial charge in [0.15, 0.2) is 0 Å². The van der Waals surface area contributed by atoms with Crippen LogP contribution in [0.2, 0.25) is 5.02 Å². The molecule has 1 N–H and O–H groups in total. The quantitative estimate of drug-likeness (QED) is 0.866. The molecule has 0 saturated heterocycles. The molecule has 0 fully saturated rings. The fraction of sp³-hybridized carbons (Fsp3) is 0.188. The summed E-state index contributed by atoms with van der Waals surface area (Å²) in [7, 11) is 2.82. The van der Waals surface area contributed by atoms with Crippen molar-refractivity contribution in [1.29, 1.82) is 0 Å². The first-order chi connectivity index (χ1) is 11.3. The van der Waals surface area contributed by atoms with Crippen LogP contribution >= 0.6 is 11.6 Å². The number of hydrogen-bond donors (Lipinski definition) is 1. The second-order valence-electron chi connectivity index (χ2n) is 4.71. The molecule has 2 aromatic rings. The van der Waals surface area contributed by atoms with Gasteiger partial charge < -0.3 is 14.8 Å². The third-order valence-electron chi connectivity index (χ3n) is 3.20. The Morgan fingerprint density at radius 1 is 1.08 bits per heavy atom. The van der Waals surface area contributed by atoms with E-state index in [2.05, 4.69) is 5.32 Å². The van der Waals surface area contributed by atoms with Crippen LogP contribution in [-0.4, -0.2) is 20.1 Å². The van der Waals surface area contributed by atoms with Crippen molar-refractivity contribution in [2.45, 2.75) is 6.18 Å². The number of hydrogen-bond acceptors (Lipinski definition) is 3. The van der Waals surface area contributed by atoms with Crippen LogP contribution in [0.25, 0.3) is 0 Å². The molecule has 2 aromatic carbocycles. The summed E-state index contributed by atoms with van der Waals surface area (Å²) in [5.41, 5.74) is -0.926. The van der Waals surface area contributed by atoms with E-state index in [1.54, 1.807) is 0 Å². The maximum absolute atomic E-state index is 12.8. The van der Waals surface area contributed by atoms with E-state index in [0.29, 0.717) is 5.75 Å². The lowest BCUT2D eigenvalue weighted by molar-refractivity contribution is -0.137. The molecule has 0 radical (unpaired) electrons. The highest BCUT2D eigenvalue weighted by atomic mass is 35.5. The number of methoxy groups -OCH3 is 2. The zero-order valence-electron chi connectivity index (χ0n) is 12.7. The minimum absolute atomic E-state index is 0.0103. The average Bonchev–Trinajstić information content (AvgIpc) is 2.55. The molecule has 128 valence electrons. The van der Waals surface area contributed by atoms with E-state index >= 15 is 0 Å². The first-order valence-electron chi connectivity index (χ1n) is 6.66. The molecule has 0 bridgehead atoms. The molecule has 0 unspecified atom stereocenters. The summed E-state index contributed by atoms with van der Waals surface area (Å²) in [6.45, 7) is 0. The number of amides is 1. The van der Waals surface area contributed by atoms with Gasteiger partial charge in [0.1, 0.15) is 11.5 Å². The molecule has 8 heteroatoms. The van der Waals surface area contributed by atoms with Gasteiger partial charge in [-0.2, -0.15) is 13.2 Å². The number of benzene rings is 2. The average molecular weight is 360 g/mol. The molecule has 0 spiro atoms. The molecule has 4 nitrogen and oxygen atoms in total. The number of nitrogens with one attached hydrogen (secondary N) is 1. The maximum atomic E-state index is 12.8. The zero-order valence-corrected chi connectivity index (χ0v) is 13.5. The lowest BCUT2D eigenvalue weighted by Gasteiger charge is -2.13. The maximum Gasteiger partial charge on any atom is 0.416 e. The van der Waals surface area contributed by atoms with Crippen LogP contribution in [0.4, 0.5) is 18.9 Å². The highest BCUT2D eigenvalue weighted by molar-refractivity contribution is 6.34. The van der Waals surface area contributed by atoms with E-state index in [0.717, 1.165) is 18.2 Å². The summed E-state index contributed by atoms with van der Waals surface area (Å²) in [5.74, 6) is 0.0335. The predicted molar refractivity (Wildman–Crippen MR) is 84.0 cm³/mol. The van der Waals surface area contributed by atoms with Crippen molar-refractivity contribution in [3.63, 3.8) is 0 Å². The minimum Gasteiger partial charge on any atom is -0.497 e. The molecule has 0 saturated carbocycles. The Balaban J connectivity index is 2.33. The third-order valence-corrected chi connectivity index (χ3v) is 3.52. The van der Waals surface area contributed by atoms with Gasteiger partial charge in [-0.1, -0.05) is 11.6 Å². The summed E-state index contributed by atoms with van der Waals surface area (Å²) < 4.78 is 48.4. The van der Waals surface area contributed by atoms with Crippen LogP contribution in [0.3, 0.4) is 0 Å². The van der Waals surface area contributed by atoms with E-state index < -0.39 is 17.6 Å². The number of alkyl halides is 3. The van der Waals surface area contributed by atoms with Crippen molar-refractivity contribution in [2.75, 3.05) is 19.5 Å². The van der Waals surface area contributed by atoms with Gasteiger partial charge in [0.25, 0.3) is 5.91 Å². The fourth-order valence-corrected chi connectivity index (χ4v) is 2.14. The Morgan fingerprint density at radius 2 is 1.79 bits per heavy atom. The van der Waals surface area contributed by atoms with Crippen LogP contribution in [0, 0.1) is 0 Å². The lowest BCUT2D eigenvalue weighted by atomic mass is 10.1. The van der Waals surface area contributed by atoms with E-state index in [-0.39, 0.29) is 22.0 Å². The molecular weight excluding hydrogens is 347 g/mol. The number of anilines is 1. The summed E-state index contributed by atoms with van der Waals surface area (Å²) in [5, 5.41) is 2.35.